The molecule has 1 aliphatic heterocycles. The summed E-state index contributed by atoms with van der Waals surface area (Å²) in [5, 5.41) is 2.70. The number of halogens is 1. The van der Waals surface area contributed by atoms with E-state index < -0.39 is 21.9 Å². The number of nitrogens with zero attached hydrogens (tertiary/aromatic N) is 1. The zero-order chi connectivity index (χ0) is 17.7. The molecule has 1 N–H and O–H groups in total. The minimum atomic E-state index is -3.36. The molecule has 6 nitrogen and oxygen atoms in total. The van der Waals surface area contributed by atoms with E-state index in [9.17, 15) is 17.6 Å². The van der Waals surface area contributed by atoms with Gasteiger partial charge in [-0.3, -0.25) is 4.79 Å². The van der Waals surface area contributed by atoms with Gasteiger partial charge in [-0.25, -0.2) is 12.8 Å². The predicted molar refractivity (Wildman–Crippen MR) is 88.6 cm³/mol. The van der Waals surface area contributed by atoms with Crippen LogP contribution >= 0.6 is 0 Å². The lowest BCUT2D eigenvalue weighted by Gasteiger charge is -2.28. The second-order valence-corrected chi connectivity index (χ2v) is 8.11. The third kappa shape index (κ3) is 4.67. The largest absolute Gasteiger partial charge is 0.492 e. The van der Waals surface area contributed by atoms with Gasteiger partial charge in [0.1, 0.15) is 24.2 Å². The number of hydrogen-bond acceptors (Lipinski definition) is 4. The second-order valence-electron chi connectivity index (χ2n) is 6.07. The molecule has 1 fully saturated rings. The van der Waals surface area contributed by atoms with Crippen molar-refractivity contribution in [1.82, 2.24) is 9.62 Å². The van der Waals surface area contributed by atoms with Crippen molar-refractivity contribution >= 4 is 15.9 Å². The lowest BCUT2D eigenvalue weighted by molar-refractivity contribution is -0.126. The van der Waals surface area contributed by atoms with Gasteiger partial charge in [-0.15, -0.1) is 0 Å². The van der Waals surface area contributed by atoms with E-state index in [0.717, 1.165) is 0 Å². The van der Waals surface area contributed by atoms with Gasteiger partial charge >= 0.3 is 0 Å². The van der Waals surface area contributed by atoms with E-state index in [1.165, 1.54) is 22.5 Å². The van der Waals surface area contributed by atoms with Gasteiger partial charge in [-0.1, -0.05) is 19.9 Å². The van der Waals surface area contributed by atoms with Gasteiger partial charge in [0.2, 0.25) is 15.9 Å². The van der Waals surface area contributed by atoms with Gasteiger partial charge in [-0.2, -0.15) is 4.31 Å². The molecular formula is C16H23FN2O4S. The van der Waals surface area contributed by atoms with E-state index in [2.05, 4.69) is 5.32 Å². The van der Waals surface area contributed by atoms with Crippen LogP contribution in [0.1, 0.15) is 20.3 Å². The minimum Gasteiger partial charge on any atom is -0.492 e. The van der Waals surface area contributed by atoms with Crippen LogP contribution in [0.5, 0.6) is 5.75 Å². The number of amides is 1. The van der Waals surface area contributed by atoms with Crippen molar-refractivity contribution in [1.29, 1.82) is 0 Å². The van der Waals surface area contributed by atoms with Gasteiger partial charge in [0.05, 0.1) is 12.3 Å². The molecule has 0 saturated carbocycles. The SMILES string of the molecule is CC(C)[C@@H](C(=O)NCCOc1cccc(F)c1)N1CCCS1(=O)=O. The zero-order valence-electron chi connectivity index (χ0n) is 13.9. The molecule has 0 aromatic heterocycles. The summed E-state index contributed by atoms with van der Waals surface area (Å²) in [6.07, 6.45) is 0.543. The third-order valence-corrected chi connectivity index (χ3v) is 5.74. The fraction of sp³-hybridized carbons (Fsp3) is 0.562. The lowest BCUT2D eigenvalue weighted by atomic mass is 10.0. The first-order chi connectivity index (χ1) is 11.3. The van der Waals surface area contributed by atoms with Crippen molar-refractivity contribution in [2.45, 2.75) is 26.3 Å². The summed E-state index contributed by atoms with van der Waals surface area (Å²) in [6, 6.07) is 5.02. The van der Waals surface area contributed by atoms with Crippen LogP contribution in [-0.2, 0) is 14.8 Å². The number of sulfonamides is 1. The number of benzene rings is 1. The number of carbonyl (C=O) groups is 1. The average molecular weight is 358 g/mol. The highest BCUT2D eigenvalue weighted by Gasteiger charge is 2.39. The highest BCUT2D eigenvalue weighted by Crippen LogP contribution is 2.22. The summed E-state index contributed by atoms with van der Waals surface area (Å²) in [7, 11) is -3.36. The second kappa shape index (κ2) is 7.94. The van der Waals surface area contributed by atoms with Gasteiger partial charge < -0.3 is 10.1 Å². The van der Waals surface area contributed by atoms with E-state index in [0.29, 0.717) is 18.7 Å². The topological polar surface area (TPSA) is 75.7 Å². The Morgan fingerprint density at radius 1 is 1.42 bits per heavy atom. The molecule has 1 heterocycles. The Kier molecular flexibility index (Phi) is 6.17. The average Bonchev–Trinajstić information content (AvgIpc) is 2.83. The summed E-state index contributed by atoms with van der Waals surface area (Å²) in [4.78, 5) is 12.4. The zero-order valence-corrected chi connectivity index (χ0v) is 14.7. The van der Waals surface area contributed by atoms with Gasteiger partial charge in [0.25, 0.3) is 0 Å². The van der Waals surface area contributed by atoms with Crippen LogP contribution in [-0.4, -0.2) is 50.1 Å². The molecule has 1 aliphatic rings. The number of ether oxygens (including phenoxy) is 1. The van der Waals surface area contributed by atoms with Crippen molar-refractivity contribution in [2.24, 2.45) is 5.92 Å². The quantitative estimate of drug-likeness (QED) is 0.747. The molecule has 0 unspecified atom stereocenters. The first-order valence-electron chi connectivity index (χ1n) is 7.97. The van der Waals surface area contributed by atoms with Crippen molar-refractivity contribution in [3.05, 3.63) is 30.1 Å². The molecule has 0 radical (unpaired) electrons. The Balaban J connectivity index is 1.87. The van der Waals surface area contributed by atoms with Crippen LogP contribution < -0.4 is 10.1 Å². The lowest BCUT2D eigenvalue weighted by Crippen LogP contribution is -2.51. The van der Waals surface area contributed by atoms with E-state index in [-0.39, 0.29) is 30.7 Å². The molecule has 134 valence electrons. The molecule has 1 aromatic carbocycles. The monoisotopic (exact) mass is 358 g/mol. The molecular weight excluding hydrogens is 335 g/mol. The Morgan fingerprint density at radius 3 is 2.75 bits per heavy atom. The first kappa shape index (κ1) is 18.7. The van der Waals surface area contributed by atoms with Crippen molar-refractivity contribution in [3.63, 3.8) is 0 Å². The summed E-state index contributed by atoms with van der Waals surface area (Å²) < 4.78 is 43.8. The van der Waals surface area contributed by atoms with Crippen molar-refractivity contribution < 1.29 is 22.3 Å². The summed E-state index contributed by atoms with van der Waals surface area (Å²) >= 11 is 0. The summed E-state index contributed by atoms with van der Waals surface area (Å²) in [5.74, 6) is -0.394. The minimum absolute atomic E-state index is 0.0895. The van der Waals surface area contributed by atoms with Gasteiger partial charge in [0.15, 0.2) is 0 Å². The van der Waals surface area contributed by atoms with Gasteiger partial charge in [0, 0.05) is 12.6 Å². The normalized spacial score (nSPS) is 18.5. The van der Waals surface area contributed by atoms with E-state index in [1.54, 1.807) is 6.07 Å². The first-order valence-corrected chi connectivity index (χ1v) is 9.58. The predicted octanol–water partition coefficient (Wildman–Crippen LogP) is 1.38. The standard InChI is InChI=1S/C16H23FN2O4S/c1-12(2)15(19-8-4-10-24(19,21)22)16(20)18-7-9-23-14-6-3-5-13(17)11-14/h3,5-6,11-12,15H,4,7-10H2,1-2H3,(H,18,20)/t15-/m0/s1. The molecule has 0 spiro atoms. The maximum Gasteiger partial charge on any atom is 0.238 e. The molecule has 1 aromatic rings. The van der Waals surface area contributed by atoms with E-state index >= 15 is 0 Å². The van der Waals surface area contributed by atoms with Crippen LogP contribution in [0.4, 0.5) is 4.39 Å². The highest BCUT2D eigenvalue weighted by molar-refractivity contribution is 7.89. The van der Waals surface area contributed by atoms with Crippen LogP contribution in [0.3, 0.4) is 0 Å². The highest BCUT2D eigenvalue weighted by atomic mass is 32.2. The summed E-state index contributed by atoms with van der Waals surface area (Å²) in [6.45, 7) is 4.40. The molecule has 1 atom stereocenters. The number of hydrogen-bond donors (Lipinski definition) is 1. The van der Waals surface area contributed by atoms with Crippen LogP contribution in [0.25, 0.3) is 0 Å². The number of carbonyl (C=O) groups excluding carboxylic acids is 1. The Hall–Kier alpha value is -1.67. The molecule has 0 bridgehead atoms. The number of nitrogens with one attached hydrogen (secondary N) is 1. The molecule has 8 heteroatoms. The van der Waals surface area contributed by atoms with Gasteiger partial charge in [-0.05, 0) is 24.5 Å². The Morgan fingerprint density at radius 2 is 2.17 bits per heavy atom. The molecule has 24 heavy (non-hydrogen) atoms. The van der Waals surface area contributed by atoms with Crippen molar-refractivity contribution in [2.75, 3.05) is 25.4 Å². The van der Waals surface area contributed by atoms with E-state index in [1.807, 2.05) is 13.8 Å². The molecule has 1 saturated heterocycles. The van der Waals surface area contributed by atoms with E-state index in [4.69, 9.17) is 4.74 Å². The maximum atomic E-state index is 13.0. The van der Waals surface area contributed by atoms with Crippen LogP contribution in [0.2, 0.25) is 0 Å². The fourth-order valence-electron chi connectivity index (χ4n) is 2.74. The summed E-state index contributed by atoms with van der Waals surface area (Å²) in [5.41, 5.74) is 0. The van der Waals surface area contributed by atoms with Crippen molar-refractivity contribution in [3.8, 4) is 5.75 Å². The Bertz CT molecular complexity index is 678. The number of rotatable bonds is 7. The molecule has 2 rings (SSSR count). The maximum absolute atomic E-state index is 13.0. The molecule has 1 amide bonds. The van der Waals surface area contributed by atoms with Crippen LogP contribution in [0, 0.1) is 11.7 Å². The fourth-order valence-corrected chi connectivity index (χ4v) is 4.56. The van der Waals surface area contributed by atoms with Crippen LogP contribution in [0.15, 0.2) is 24.3 Å². The Labute approximate surface area is 142 Å². The smallest absolute Gasteiger partial charge is 0.238 e. The third-order valence-electron chi connectivity index (χ3n) is 3.81. The molecule has 0 aliphatic carbocycles.